The molecule has 3 saturated heterocycles. The Morgan fingerprint density at radius 3 is 2.46 bits per heavy atom. The van der Waals surface area contributed by atoms with Crippen molar-refractivity contribution in [3.8, 4) is 0 Å². The first kappa shape index (κ1) is 24.0. The van der Waals surface area contributed by atoms with Crippen LogP contribution in [0.2, 0.25) is 0 Å². The van der Waals surface area contributed by atoms with E-state index in [0.717, 1.165) is 5.82 Å². The number of benzene rings is 1. The summed E-state index contributed by atoms with van der Waals surface area (Å²) in [5.74, 6) is 1.59. The molecule has 10 nitrogen and oxygen atoms in total. The van der Waals surface area contributed by atoms with Crippen LogP contribution >= 0.6 is 0 Å². The first-order valence-corrected chi connectivity index (χ1v) is 14.6. The Bertz CT molecular complexity index is 1350. The average Bonchev–Trinajstić information content (AvgIpc) is 3.56. The number of hydrogen-bond acceptors (Lipinski definition) is 6. The predicted molar refractivity (Wildman–Crippen MR) is 142 cm³/mol. The fourth-order valence-electron chi connectivity index (χ4n) is 5.56. The zero-order valence-electron chi connectivity index (χ0n) is 21.0. The molecule has 1 N–H and O–H groups in total. The molecule has 0 bridgehead atoms. The quantitative estimate of drug-likeness (QED) is 0.644. The number of nitrogens with zero attached hydrogens (tertiary/aromatic N) is 5. The van der Waals surface area contributed by atoms with Gasteiger partial charge in [-0.25, -0.2) is 18.2 Å². The van der Waals surface area contributed by atoms with Gasteiger partial charge in [-0.3, -0.25) is 14.0 Å². The van der Waals surface area contributed by atoms with E-state index in [2.05, 4.69) is 23.2 Å². The molecule has 0 radical (unpaired) electrons. The monoisotopic (exact) mass is 524 g/mol. The summed E-state index contributed by atoms with van der Waals surface area (Å²) >= 11 is 0. The minimum atomic E-state index is -3.38. The second-order valence-corrected chi connectivity index (χ2v) is 12.3. The van der Waals surface area contributed by atoms with Gasteiger partial charge in [0.25, 0.3) is 5.91 Å². The van der Waals surface area contributed by atoms with Crippen LogP contribution in [0.1, 0.15) is 46.7 Å². The van der Waals surface area contributed by atoms with Gasteiger partial charge in [-0.1, -0.05) is 6.07 Å². The van der Waals surface area contributed by atoms with Crippen LogP contribution in [-0.2, 0) is 10.0 Å². The number of piperazine rings is 1. The Hall–Kier alpha value is -3.34. The summed E-state index contributed by atoms with van der Waals surface area (Å²) in [4.78, 5) is 36.5. The van der Waals surface area contributed by atoms with Gasteiger partial charge >= 0.3 is 6.03 Å². The number of urea groups is 1. The number of carbonyl (C=O) groups excluding carboxylic acids is 2. The van der Waals surface area contributed by atoms with Crippen LogP contribution in [0.4, 0.5) is 22.0 Å². The Morgan fingerprint density at radius 1 is 1.05 bits per heavy atom. The molecule has 3 aliphatic heterocycles. The maximum atomic E-state index is 13.7. The second kappa shape index (κ2) is 9.20. The number of sulfonamides is 1. The van der Waals surface area contributed by atoms with E-state index in [0.29, 0.717) is 75.1 Å². The second-order valence-electron chi connectivity index (χ2n) is 10.3. The van der Waals surface area contributed by atoms with E-state index in [9.17, 15) is 18.0 Å². The maximum absolute atomic E-state index is 13.7. The highest BCUT2D eigenvalue weighted by atomic mass is 32.2. The van der Waals surface area contributed by atoms with Crippen molar-refractivity contribution in [2.45, 2.75) is 32.1 Å². The molecule has 4 fully saturated rings. The molecule has 0 atom stereocenters. The number of carbonyl (C=O) groups is 2. The van der Waals surface area contributed by atoms with Gasteiger partial charge in [-0.2, -0.15) is 0 Å². The lowest BCUT2D eigenvalue weighted by molar-refractivity contribution is 0.0747. The van der Waals surface area contributed by atoms with Crippen LogP contribution in [0.25, 0.3) is 0 Å². The fourth-order valence-corrected chi connectivity index (χ4v) is 7.12. The summed E-state index contributed by atoms with van der Waals surface area (Å²) in [5.41, 5.74) is 3.84. The van der Waals surface area contributed by atoms with E-state index in [4.69, 9.17) is 4.98 Å². The number of anilines is 3. The first-order valence-electron chi connectivity index (χ1n) is 13.0. The summed E-state index contributed by atoms with van der Waals surface area (Å²) in [6.07, 6.45) is 5.05. The molecule has 0 unspecified atom stereocenters. The van der Waals surface area contributed by atoms with Crippen molar-refractivity contribution in [3.05, 3.63) is 47.2 Å². The van der Waals surface area contributed by atoms with Crippen LogP contribution in [0.15, 0.2) is 30.5 Å². The maximum Gasteiger partial charge on any atom is 0.322 e. The number of pyridine rings is 1. The normalized spacial score (nSPS) is 21.5. The summed E-state index contributed by atoms with van der Waals surface area (Å²) in [7, 11) is -3.38. The zero-order valence-corrected chi connectivity index (χ0v) is 21.8. The van der Waals surface area contributed by atoms with Gasteiger partial charge in [-0.05, 0) is 61.4 Å². The Labute approximate surface area is 217 Å². The van der Waals surface area contributed by atoms with Gasteiger partial charge in [0.2, 0.25) is 10.0 Å². The molecule has 1 aliphatic carbocycles. The third-order valence-corrected chi connectivity index (χ3v) is 9.60. The largest absolute Gasteiger partial charge is 0.353 e. The molecule has 4 aliphatic rings. The Kier molecular flexibility index (Phi) is 5.97. The number of rotatable bonds is 5. The lowest BCUT2D eigenvalue weighted by Gasteiger charge is -2.36. The molecule has 1 aromatic heterocycles. The topological polar surface area (TPSA) is 106 Å². The molecule has 3 amide bonds. The lowest BCUT2D eigenvalue weighted by Crippen LogP contribution is -2.49. The number of aromatic nitrogens is 1. The summed E-state index contributed by atoms with van der Waals surface area (Å²) < 4.78 is 26.4. The number of aryl methyl sites for hydroxylation is 1. The summed E-state index contributed by atoms with van der Waals surface area (Å²) in [6, 6.07) is 6.98. The highest BCUT2D eigenvalue weighted by molar-refractivity contribution is 7.93. The van der Waals surface area contributed by atoms with E-state index in [1.54, 1.807) is 18.2 Å². The number of hydrogen-bond donors (Lipinski definition) is 1. The van der Waals surface area contributed by atoms with Gasteiger partial charge < -0.3 is 15.1 Å². The standard InChI is InChI=1S/C26H32N6O4S/c1-18-15-20(19-3-4-19)17-28-24(18)29-10-12-30(13-11-29)25(33)22-6-5-21(32-8-2-14-37(32,35)36)16-23(22)31-9-7-27-26(31)34/h5-6,15-17,19H,2-4,7-14H2,1H3,(H,27,34). The average molecular weight is 525 g/mol. The Morgan fingerprint density at radius 2 is 1.84 bits per heavy atom. The molecule has 2 aromatic rings. The van der Waals surface area contributed by atoms with E-state index in [1.165, 1.54) is 33.2 Å². The van der Waals surface area contributed by atoms with Crippen LogP contribution in [-0.4, -0.2) is 81.8 Å². The highest BCUT2D eigenvalue weighted by Gasteiger charge is 2.33. The number of amides is 3. The van der Waals surface area contributed by atoms with E-state index < -0.39 is 10.0 Å². The van der Waals surface area contributed by atoms with E-state index >= 15 is 0 Å². The zero-order chi connectivity index (χ0) is 25.7. The van der Waals surface area contributed by atoms with Crippen molar-refractivity contribution in [3.63, 3.8) is 0 Å². The molecule has 1 saturated carbocycles. The molecular formula is C26H32N6O4S. The minimum Gasteiger partial charge on any atom is -0.353 e. The van der Waals surface area contributed by atoms with Crippen LogP contribution in [0.5, 0.6) is 0 Å². The smallest absolute Gasteiger partial charge is 0.322 e. The van der Waals surface area contributed by atoms with Crippen molar-refractivity contribution in [1.82, 2.24) is 15.2 Å². The van der Waals surface area contributed by atoms with Gasteiger partial charge in [0, 0.05) is 52.0 Å². The van der Waals surface area contributed by atoms with Gasteiger partial charge in [0.15, 0.2) is 0 Å². The van der Waals surface area contributed by atoms with Gasteiger partial charge in [0.1, 0.15) is 5.82 Å². The molecule has 1 aromatic carbocycles. The molecular weight excluding hydrogens is 492 g/mol. The lowest BCUT2D eigenvalue weighted by atomic mass is 10.1. The van der Waals surface area contributed by atoms with E-state index in [1.807, 2.05) is 11.1 Å². The van der Waals surface area contributed by atoms with Crippen molar-refractivity contribution in [1.29, 1.82) is 0 Å². The highest BCUT2D eigenvalue weighted by Crippen LogP contribution is 2.40. The molecule has 4 heterocycles. The predicted octanol–water partition coefficient (Wildman–Crippen LogP) is 2.30. The number of nitrogens with one attached hydrogen (secondary N) is 1. The molecule has 11 heteroatoms. The van der Waals surface area contributed by atoms with E-state index in [-0.39, 0.29) is 17.7 Å². The Balaban J connectivity index is 1.22. The molecule has 37 heavy (non-hydrogen) atoms. The third kappa shape index (κ3) is 4.49. The van der Waals surface area contributed by atoms with Crippen LogP contribution < -0.4 is 19.4 Å². The van der Waals surface area contributed by atoms with Crippen LogP contribution in [0, 0.1) is 6.92 Å². The third-order valence-electron chi connectivity index (χ3n) is 7.73. The van der Waals surface area contributed by atoms with Crippen molar-refractivity contribution in [2.75, 3.05) is 65.7 Å². The molecule has 6 rings (SSSR count). The van der Waals surface area contributed by atoms with Gasteiger partial charge in [0.05, 0.1) is 22.7 Å². The van der Waals surface area contributed by atoms with Crippen LogP contribution in [0.3, 0.4) is 0 Å². The SMILES string of the molecule is Cc1cc(C2CC2)cnc1N1CCN(C(=O)c2ccc(N3CCCS3(=O)=O)cc2N2CCNC2=O)CC1. The molecule has 0 spiro atoms. The van der Waals surface area contributed by atoms with Crippen molar-refractivity contribution in [2.24, 2.45) is 0 Å². The minimum absolute atomic E-state index is 0.106. The summed E-state index contributed by atoms with van der Waals surface area (Å²) in [5, 5.41) is 2.78. The van der Waals surface area contributed by atoms with Crippen molar-refractivity contribution < 1.29 is 18.0 Å². The molecule has 196 valence electrons. The fraction of sp³-hybridized carbons (Fsp3) is 0.500. The first-order chi connectivity index (χ1) is 17.8. The van der Waals surface area contributed by atoms with Crippen molar-refractivity contribution >= 4 is 39.2 Å². The van der Waals surface area contributed by atoms with Gasteiger partial charge in [-0.15, -0.1) is 0 Å². The summed E-state index contributed by atoms with van der Waals surface area (Å²) in [6.45, 7) is 5.82.